The highest BCUT2D eigenvalue weighted by molar-refractivity contribution is 5.96. The van der Waals surface area contributed by atoms with Crippen LogP contribution in [0.15, 0.2) is 41.5 Å². The first-order chi connectivity index (χ1) is 13.2. The Morgan fingerprint density at radius 1 is 1.29 bits per heavy atom. The van der Waals surface area contributed by atoms with Crippen LogP contribution in [0.1, 0.15) is 15.9 Å². The van der Waals surface area contributed by atoms with Crippen LogP contribution in [0, 0.1) is 0 Å². The molecule has 0 unspecified atom stereocenters. The maximum Gasteiger partial charge on any atom is 0.416 e. The smallest absolute Gasteiger partial charge is 0.416 e. The van der Waals surface area contributed by atoms with Gasteiger partial charge in [0, 0.05) is 18.1 Å². The van der Waals surface area contributed by atoms with Gasteiger partial charge < -0.3 is 14.6 Å². The number of nitrogens with zero attached hydrogens (tertiary/aromatic N) is 2. The lowest BCUT2D eigenvalue weighted by Gasteiger charge is -2.13. The number of anilines is 1. The van der Waals surface area contributed by atoms with Crippen molar-refractivity contribution in [1.82, 2.24) is 14.8 Å². The van der Waals surface area contributed by atoms with E-state index in [4.69, 9.17) is 0 Å². The minimum atomic E-state index is -4.54. The SMILES string of the molecule is COC(=O)c1cn(CC(=O)Nc2cccc(C(F)(F)F)c2)cc2c(=O)[nH]nc1-2. The Kier molecular flexibility index (Phi) is 4.91. The lowest BCUT2D eigenvalue weighted by atomic mass is 10.1. The number of hydrogen-bond acceptors (Lipinski definition) is 5. The number of ether oxygens (including phenoxy) is 1. The minimum absolute atomic E-state index is 0.0368. The van der Waals surface area contributed by atoms with E-state index in [-0.39, 0.29) is 29.1 Å². The zero-order valence-electron chi connectivity index (χ0n) is 14.3. The Balaban J connectivity index is 1.86. The third-order valence-electron chi connectivity index (χ3n) is 3.82. The number of benzene rings is 1. The highest BCUT2D eigenvalue weighted by Crippen LogP contribution is 2.30. The molecule has 0 fully saturated rings. The molecule has 28 heavy (non-hydrogen) atoms. The molecule has 0 atom stereocenters. The lowest BCUT2D eigenvalue weighted by molar-refractivity contribution is -0.137. The van der Waals surface area contributed by atoms with Crippen LogP contribution in [0.5, 0.6) is 0 Å². The molecule has 0 aliphatic carbocycles. The van der Waals surface area contributed by atoms with Gasteiger partial charge in [-0.3, -0.25) is 9.59 Å². The van der Waals surface area contributed by atoms with E-state index in [1.54, 1.807) is 0 Å². The number of H-pyrrole nitrogens is 1. The molecule has 146 valence electrons. The Morgan fingerprint density at radius 3 is 2.71 bits per heavy atom. The second-order valence-electron chi connectivity index (χ2n) is 5.78. The van der Waals surface area contributed by atoms with E-state index >= 15 is 0 Å². The molecule has 0 bridgehead atoms. The largest absolute Gasteiger partial charge is 0.465 e. The van der Waals surface area contributed by atoms with Crippen LogP contribution in [-0.2, 0) is 22.3 Å². The molecule has 1 aromatic rings. The summed E-state index contributed by atoms with van der Waals surface area (Å²) in [7, 11) is 1.15. The highest BCUT2D eigenvalue weighted by Gasteiger charge is 2.30. The summed E-state index contributed by atoms with van der Waals surface area (Å²) >= 11 is 0. The summed E-state index contributed by atoms with van der Waals surface area (Å²) in [4.78, 5) is 35.9. The molecule has 0 saturated carbocycles. The number of halogens is 3. The van der Waals surface area contributed by atoms with Crippen LogP contribution in [0.4, 0.5) is 18.9 Å². The standard InChI is InChI=1S/C17H13F3N4O4/c1-28-16(27)12-7-24(6-11-14(12)22-23-15(11)26)8-13(25)21-10-4-2-3-9(5-10)17(18,19)20/h2-7H,8H2,1H3,(H,21,25)(H,23,26). The molecule has 2 N–H and O–H groups in total. The molecular formula is C17H13F3N4O4. The normalized spacial score (nSPS) is 11.4. The zero-order valence-corrected chi connectivity index (χ0v) is 14.3. The van der Waals surface area contributed by atoms with E-state index < -0.39 is 29.2 Å². The molecule has 0 aromatic heterocycles. The van der Waals surface area contributed by atoms with Crippen LogP contribution in [0.2, 0.25) is 0 Å². The van der Waals surface area contributed by atoms with Crippen molar-refractivity contribution in [1.29, 1.82) is 0 Å². The van der Waals surface area contributed by atoms with E-state index in [0.29, 0.717) is 0 Å². The van der Waals surface area contributed by atoms with Crippen molar-refractivity contribution in [2.24, 2.45) is 0 Å². The van der Waals surface area contributed by atoms with Crippen molar-refractivity contribution in [3.05, 3.63) is 58.1 Å². The summed E-state index contributed by atoms with van der Waals surface area (Å²) in [5.41, 5.74) is -1.39. The van der Waals surface area contributed by atoms with Gasteiger partial charge in [0.2, 0.25) is 5.91 Å². The number of alkyl halides is 3. The maximum atomic E-state index is 12.8. The van der Waals surface area contributed by atoms with Gasteiger partial charge in [0.1, 0.15) is 17.8 Å². The number of hydrogen-bond donors (Lipinski definition) is 2. The monoisotopic (exact) mass is 394 g/mol. The third kappa shape index (κ3) is 3.87. The number of esters is 1. The van der Waals surface area contributed by atoms with Gasteiger partial charge >= 0.3 is 12.1 Å². The summed E-state index contributed by atoms with van der Waals surface area (Å²) in [6, 6.07) is 4.17. The van der Waals surface area contributed by atoms with Gasteiger partial charge in [0.05, 0.1) is 18.2 Å². The fourth-order valence-corrected chi connectivity index (χ4v) is 2.58. The second kappa shape index (κ2) is 7.18. The van der Waals surface area contributed by atoms with Crippen LogP contribution >= 0.6 is 0 Å². The minimum Gasteiger partial charge on any atom is -0.465 e. The number of amides is 1. The third-order valence-corrected chi connectivity index (χ3v) is 3.82. The van der Waals surface area contributed by atoms with Gasteiger partial charge in [-0.05, 0) is 18.2 Å². The summed E-state index contributed by atoms with van der Waals surface area (Å²) < 4.78 is 44.2. The molecule has 2 aliphatic rings. The van der Waals surface area contributed by atoms with E-state index in [2.05, 4.69) is 20.3 Å². The van der Waals surface area contributed by atoms with E-state index in [9.17, 15) is 27.6 Å². The van der Waals surface area contributed by atoms with Gasteiger partial charge in [-0.15, -0.1) is 0 Å². The van der Waals surface area contributed by atoms with Gasteiger partial charge in [0.15, 0.2) is 0 Å². The molecule has 11 heteroatoms. The van der Waals surface area contributed by atoms with Gasteiger partial charge in [0.25, 0.3) is 5.56 Å². The second-order valence-corrected chi connectivity index (χ2v) is 5.78. The highest BCUT2D eigenvalue weighted by atomic mass is 19.4. The van der Waals surface area contributed by atoms with Gasteiger partial charge in [-0.2, -0.15) is 18.3 Å². The topological polar surface area (TPSA) is 106 Å². The zero-order chi connectivity index (χ0) is 20.5. The van der Waals surface area contributed by atoms with Crippen LogP contribution in [0.25, 0.3) is 11.3 Å². The first kappa shape index (κ1) is 19.1. The van der Waals surface area contributed by atoms with E-state index in [1.807, 2.05) is 0 Å². The summed E-state index contributed by atoms with van der Waals surface area (Å²) in [5.74, 6) is -1.42. The number of pyridine rings is 1. The lowest BCUT2D eigenvalue weighted by Crippen LogP contribution is -2.21. The molecule has 0 spiro atoms. The van der Waals surface area contributed by atoms with Crippen molar-refractivity contribution < 1.29 is 27.5 Å². The first-order valence-electron chi connectivity index (χ1n) is 7.82. The molecule has 0 saturated heterocycles. The van der Waals surface area contributed by atoms with Crippen LogP contribution < -0.4 is 10.9 Å². The molecule has 2 heterocycles. The summed E-state index contributed by atoms with van der Waals surface area (Å²) in [6.45, 7) is -0.360. The maximum absolute atomic E-state index is 12.8. The Bertz CT molecular complexity index is 1070. The Labute approximate surface area is 155 Å². The van der Waals surface area contributed by atoms with Crippen molar-refractivity contribution in [3.63, 3.8) is 0 Å². The number of nitrogens with one attached hydrogen (secondary N) is 2. The number of carbonyl (C=O) groups is 2. The molecule has 0 radical (unpaired) electrons. The molecule has 1 amide bonds. The quantitative estimate of drug-likeness (QED) is 0.660. The fourth-order valence-electron chi connectivity index (χ4n) is 2.58. The van der Waals surface area contributed by atoms with Crippen molar-refractivity contribution >= 4 is 17.6 Å². The summed E-state index contributed by atoms with van der Waals surface area (Å²) in [5, 5.41) is 8.30. The van der Waals surface area contributed by atoms with E-state index in [0.717, 1.165) is 19.2 Å². The Morgan fingerprint density at radius 2 is 2.04 bits per heavy atom. The molecule has 2 aliphatic heterocycles. The summed E-state index contributed by atoms with van der Waals surface area (Å²) in [6.07, 6.45) is -1.97. The Hall–Kier alpha value is -3.63. The molecular weight excluding hydrogens is 381 g/mol. The van der Waals surface area contributed by atoms with Crippen molar-refractivity contribution in [2.75, 3.05) is 12.4 Å². The number of fused-ring (bicyclic) bond motifs is 1. The predicted molar refractivity (Wildman–Crippen MR) is 90.9 cm³/mol. The number of methoxy groups -OCH3 is 1. The number of aromatic amines is 1. The van der Waals surface area contributed by atoms with Crippen LogP contribution in [-0.4, -0.2) is 33.8 Å². The fraction of sp³-hybridized carbons (Fsp3) is 0.176. The first-order valence-corrected chi connectivity index (χ1v) is 7.82. The van der Waals surface area contributed by atoms with Crippen molar-refractivity contribution in [3.8, 4) is 11.3 Å². The average Bonchev–Trinajstić information content (AvgIpc) is 3.01. The molecule has 8 nitrogen and oxygen atoms in total. The molecule has 3 rings (SSSR count). The van der Waals surface area contributed by atoms with E-state index in [1.165, 1.54) is 29.1 Å². The van der Waals surface area contributed by atoms with Gasteiger partial charge in [-0.25, -0.2) is 9.89 Å². The van der Waals surface area contributed by atoms with Crippen LogP contribution in [0.3, 0.4) is 0 Å². The predicted octanol–water partition coefficient (Wildman–Crippen LogP) is 2.12. The number of carbonyl (C=O) groups excluding carboxylic acids is 2. The van der Waals surface area contributed by atoms with Gasteiger partial charge in [-0.1, -0.05) is 6.07 Å². The molecule has 1 aromatic carbocycles. The number of aromatic nitrogens is 3. The number of rotatable bonds is 4. The van der Waals surface area contributed by atoms with Crippen molar-refractivity contribution in [2.45, 2.75) is 12.7 Å². The average molecular weight is 394 g/mol.